The third-order valence-corrected chi connectivity index (χ3v) is 2.82. The Bertz CT molecular complexity index is 544. The van der Waals surface area contributed by atoms with Crippen molar-refractivity contribution in [1.29, 1.82) is 0 Å². The minimum absolute atomic E-state index is 0.267. The van der Waals surface area contributed by atoms with Crippen LogP contribution in [0.2, 0.25) is 0 Å². The van der Waals surface area contributed by atoms with Gasteiger partial charge in [-0.2, -0.15) is 0 Å². The molecule has 0 saturated heterocycles. The molecule has 2 aromatic carbocycles. The maximum absolute atomic E-state index is 13.6. The van der Waals surface area contributed by atoms with Crippen LogP contribution in [0.1, 0.15) is 11.1 Å². The van der Waals surface area contributed by atoms with Crippen LogP contribution in [-0.4, -0.2) is 0 Å². The summed E-state index contributed by atoms with van der Waals surface area (Å²) in [6, 6.07) is 9.54. The Morgan fingerprint density at radius 2 is 1.80 bits per heavy atom. The molecule has 3 rings (SSSR count). The molecule has 0 nitrogen and oxygen atoms in total. The molecule has 0 fully saturated rings. The van der Waals surface area contributed by atoms with Gasteiger partial charge in [0.2, 0.25) is 0 Å². The molecule has 2 aromatic rings. The second-order valence-electron chi connectivity index (χ2n) is 3.75. The fourth-order valence-electron chi connectivity index (χ4n) is 2.16. The summed E-state index contributed by atoms with van der Waals surface area (Å²) in [5, 5.41) is 0. The lowest BCUT2D eigenvalue weighted by Gasteiger charge is -2.01. The zero-order valence-electron chi connectivity index (χ0n) is 7.93. The number of benzene rings is 2. The number of halogens is 2. The van der Waals surface area contributed by atoms with E-state index in [0.717, 1.165) is 11.1 Å². The molecule has 0 heterocycles. The van der Waals surface area contributed by atoms with Gasteiger partial charge >= 0.3 is 0 Å². The highest BCUT2D eigenvalue weighted by molar-refractivity contribution is 5.77. The summed E-state index contributed by atoms with van der Waals surface area (Å²) in [6.07, 6.45) is 0.697. The van der Waals surface area contributed by atoms with Gasteiger partial charge in [0.25, 0.3) is 0 Å². The summed E-state index contributed by atoms with van der Waals surface area (Å²) in [6.45, 7) is 0. The molecule has 0 bridgehead atoms. The first-order valence-corrected chi connectivity index (χ1v) is 4.82. The lowest BCUT2D eigenvalue weighted by molar-refractivity contribution is 0.625. The van der Waals surface area contributed by atoms with Crippen molar-refractivity contribution in [3.8, 4) is 11.1 Å². The molecule has 1 aliphatic carbocycles. The Labute approximate surface area is 86.2 Å². The number of hydrogen-bond acceptors (Lipinski definition) is 0. The molecule has 2 heteroatoms. The van der Waals surface area contributed by atoms with Crippen LogP contribution >= 0.6 is 0 Å². The molecule has 0 saturated carbocycles. The number of rotatable bonds is 0. The van der Waals surface area contributed by atoms with Crippen LogP contribution in [0.4, 0.5) is 8.78 Å². The molecule has 15 heavy (non-hydrogen) atoms. The largest absolute Gasteiger partial charge is 0.207 e. The SMILES string of the molecule is Fc1ccc2c(c1)-c1c(F)cccc1C2. The Morgan fingerprint density at radius 3 is 2.67 bits per heavy atom. The summed E-state index contributed by atoms with van der Waals surface area (Å²) in [5.74, 6) is -0.582. The molecule has 0 amide bonds. The second-order valence-corrected chi connectivity index (χ2v) is 3.75. The summed E-state index contributed by atoms with van der Waals surface area (Å²) in [7, 11) is 0. The van der Waals surface area contributed by atoms with Crippen molar-refractivity contribution in [2.24, 2.45) is 0 Å². The molecule has 1 aliphatic rings. The van der Waals surface area contributed by atoms with Crippen LogP contribution < -0.4 is 0 Å². The van der Waals surface area contributed by atoms with Gasteiger partial charge in [-0.3, -0.25) is 0 Å². The van der Waals surface area contributed by atoms with Gasteiger partial charge in [0.05, 0.1) is 0 Å². The number of fused-ring (bicyclic) bond motifs is 3. The van der Waals surface area contributed by atoms with Crippen molar-refractivity contribution in [2.75, 3.05) is 0 Å². The summed E-state index contributed by atoms with van der Waals surface area (Å²) < 4.78 is 26.6. The molecule has 0 radical (unpaired) electrons. The van der Waals surface area contributed by atoms with Crippen molar-refractivity contribution in [3.05, 3.63) is 59.2 Å². The summed E-state index contributed by atoms with van der Waals surface area (Å²) in [4.78, 5) is 0. The van der Waals surface area contributed by atoms with E-state index in [4.69, 9.17) is 0 Å². The first kappa shape index (κ1) is 8.60. The van der Waals surface area contributed by atoms with Crippen molar-refractivity contribution >= 4 is 0 Å². The van der Waals surface area contributed by atoms with Crippen LogP contribution in [0.25, 0.3) is 11.1 Å². The fraction of sp³-hybridized carbons (Fsp3) is 0.0769. The average molecular weight is 202 g/mol. The maximum atomic E-state index is 13.6. The van der Waals surface area contributed by atoms with Crippen LogP contribution in [0, 0.1) is 11.6 Å². The van der Waals surface area contributed by atoms with Gasteiger partial charge in [-0.25, -0.2) is 8.78 Å². The molecule has 0 unspecified atom stereocenters. The molecule has 0 aromatic heterocycles. The van der Waals surface area contributed by atoms with Gasteiger partial charge in [0.15, 0.2) is 0 Å². The molecule has 0 aliphatic heterocycles. The van der Waals surface area contributed by atoms with Gasteiger partial charge in [-0.1, -0.05) is 18.2 Å². The van der Waals surface area contributed by atoms with E-state index in [1.165, 1.54) is 18.2 Å². The summed E-state index contributed by atoms with van der Waals surface area (Å²) >= 11 is 0. The predicted molar refractivity (Wildman–Crippen MR) is 54.6 cm³/mol. The first-order chi connectivity index (χ1) is 7.25. The van der Waals surface area contributed by atoms with Gasteiger partial charge in [0.1, 0.15) is 11.6 Å². The van der Waals surface area contributed by atoms with Gasteiger partial charge < -0.3 is 0 Å². The lowest BCUT2D eigenvalue weighted by atomic mass is 10.1. The van der Waals surface area contributed by atoms with E-state index < -0.39 is 0 Å². The van der Waals surface area contributed by atoms with Gasteiger partial charge in [-0.15, -0.1) is 0 Å². The minimum Gasteiger partial charge on any atom is -0.207 e. The van der Waals surface area contributed by atoms with E-state index >= 15 is 0 Å². The van der Waals surface area contributed by atoms with E-state index in [0.29, 0.717) is 17.5 Å². The summed E-state index contributed by atoms with van der Waals surface area (Å²) in [5.41, 5.74) is 3.20. The standard InChI is InChI=1S/C13H8F2/c14-10-5-4-8-6-9-2-1-3-12(15)13(9)11(8)7-10/h1-5,7H,6H2. The van der Waals surface area contributed by atoms with E-state index in [1.807, 2.05) is 6.07 Å². The monoisotopic (exact) mass is 202 g/mol. The first-order valence-electron chi connectivity index (χ1n) is 4.82. The van der Waals surface area contributed by atoms with E-state index in [2.05, 4.69) is 0 Å². The van der Waals surface area contributed by atoms with E-state index in [9.17, 15) is 8.78 Å². The van der Waals surface area contributed by atoms with Crippen molar-refractivity contribution in [1.82, 2.24) is 0 Å². The smallest absolute Gasteiger partial charge is 0.131 e. The van der Waals surface area contributed by atoms with Crippen molar-refractivity contribution in [3.63, 3.8) is 0 Å². The van der Waals surface area contributed by atoms with Gasteiger partial charge in [-0.05, 0) is 41.3 Å². The molecule has 0 N–H and O–H groups in total. The van der Waals surface area contributed by atoms with Gasteiger partial charge in [0, 0.05) is 5.56 Å². The highest BCUT2D eigenvalue weighted by atomic mass is 19.1. The molecular weight excluding hydrogens is 194 g/mol. The van der Waals surface area contributed by atoms with Crippen molar-refractivity contribution < 1.29 is 8.78 Å². The van der Waals surface area contributed by atoms with Crippen molar-refractivity contribution in [2.45, 2.75) is 6.42 Å². The molecular formula is C13H8F2. The van der Waals surface area contributed by atoms with Crippen LogP contribution in [0.5, 0.6) is 0 Å². The Balaban J connectivity index is 2.33. The average Bonchev–Trinajstić information content (AvgIpc) is 2.57. The lowest BCUT2D eigenvalue weighted by Crippen LogP contribution is -1.84. The Hall–Kier alpha value is -1.70. The third-order valence-electron chi connectivity index (χ3n) is 2.82. The Kier molecular flexibility index (Phi) is 1.66. The van der Waals surface area contributed by atoms with Crippen LogP contribution in [0.3, 0.4) is 0 Å². The molecule has 74 valence electrons. The quantitative estimate of drug-likeness (QED) is 0.523. The van der Waals surface area contributed by atoms with E-state index in [-0.39, 0.29) is 11.6 Å². The molecule has 0 spiro atoms. The zero-order valence-corrected chi connectivity index (χ0v) is 7.93. The van der Waals surface area contributed by atoms with E-state index in [1.54, 1.807) is 12.1 Å². The fourth-order valence-corrected chi connectivity index (χ4v) is 2.16. The molecule has 0 atom stereocenters. The Morgan fingerprint density at radius 1 is 0.933 bits per heavy atom. The zero-order chi connectivity index (χ0) is 10.4. The highest BCUT2D eigenvalue weighted by Gasteiger charge is 2.21. The topological polar surface area (TPSA) is 0 Å². The highest BCUT2D eigenvalue weighted by Crippen LogP contribution is 2.38. The number of hydrogen-bond donors (Lipinski definition) is 0. The predicted octanol–water partition coefficient (Wildman–Crippen LogP) is 3.54. The minimum atomic E-state index is -0.315. The van der Waals surface area contributed by atoms with Crippen LogP contribution in [-0.2, 0) is 6.42 Å². The third kappa shape index (κ3) is 1.18. The van der Waals surface area contributed by atoms with Crippen LogP contribution in [0.15, 0.2) is 36.4 Å². The normalized spacial score (nSPS) is 12.4. The second kappa shape index (κ2) is 2.89. The maximum Gasteiger partial charge on any atom is 0.131 e.